The Hall–Kier alpha value is -0.930. The van der Waals surface area contributed by atoms with Crippen molar-refractivity contribution in [2.45, 2.75) is 25.6 Å². The maximum Gasteiger partial charge on any atom is 0.142 e. The molecule has 0 aliphatic carbocycles. The van der Waals surface area contributed by atoms with Crippen LogP contribution in [0.2, 0.25) is 5.02 Å². The van der Waals surface area contributed by atoms with Crippen molar-refractivity contribution in [3.05, 3.63) is 23.2 Å². The van der Waals surface area contributed by atoms with Crippen molar-refractivity contribution in [3.8, 4) is 5.75 Å². The summed E-state index contributed by atoms with van der Waals surface area (Å²) in [5, 5.41) is 0.762. The van der Waals surface area contributed by atoms with Crippen molar-refractivity contribution in [3.63, 3.8) is 0 Å². The summed E-state index contributed by atoms with van der Waals surface area (Å²) in [6, 6.07) is 6.26. The van der Waals surface area contributed by atoms with Crippen LogP contribution >= 0.6 is 11.6 Å². The van der Waals surface area contributed by atoms with Crippen LogP contribution in [-0.2, 0) is 0 Å². The molecule has 17 heavy (non-hydrogen) atoms. The van der Waals surface area contributed by atoms with Gasteiger partial charge in [-0.1, -0.05) is 11.6 Å². The molecule has 2 aliphatic heterocycles. The number of hydrogen-bond acceptors (Lipinski definition) is 3. The Morgan fingerprint density at radius 2 is 2.18 bits per heavy atom. The molecule has 1 saturated heterocycles. The van der Waals surface area contributed by atoms with E-state index < -0.39 is 0 Å². The third-order valence-electron chi connectivity index (χ3n) is 3.99. The summed E-state index contributed by atoms with van der Waals surface area (Å²) >= 11 is 6.10. The van der Waals surface area contributed by atoms with E-state index in [2.05, 4.69) is 30.7 Å². The van der Waals surface area contributed by atoms with E-state index in [9.17, 15) is 0 Å². The molecule has 4 heteroatoms. The third-order valence-corrected chi connectivity index (χ3v) is 4.22. The molecule has 1 unspecified atom stereocenters. The Kier molecular flexibility index (Phi) is 2.32. The zero-order valence-corrected chi connectivity index (χ0v) is 11.2. The minimum absolute atomic E-state index is 0.00782. The standard InChI is InChI=1S/C13H17ClN2O/c1-13(2)15(3)7-10-8-17-12-5-4-9(14)6-11(12)16(10)13/h4-6,10H,7-8H2,1-3H3. The first-order valence-corrected chi connectivity index (χ1v) is 6.31. The summed E-state index contributed by atoms with van der Waals surface area (Å²) in [5.74, 6) is 0.939. The molecule has 92 valence electrons. The first-order chi connectivity index (χ1) is 8.00. The Morgan fingerprint density at radius 3 is 2.94 bits per heavy atom. The molecule has 0 N–H and O–H groups in total. The SMILES string of the molecule is CN1CC2COc3ccc(Cl)cc3N2C1(C)C. The van der Waals surface area contributed by atoms with Gasteiger partial charge in [0.05, 0.1) is 17.4 Å². The predicted molar refractivity (Wildman–Crippen MR) is 69.9 cm³/mol. The molecule has 0 spiro atoms. The number of nitrogens with zero attached hydrogens (tertiary/aromatic N) is 2. The predicted octanol–water partition coefficient (Wildman–Crippen LogP) is 2.59. The van der Waals surface area contributed by atoms with Gasteiger partial charge in [-0.2, -0.15) is 0 Å². The van der Waals surface area contributed by atoms with E-state index in [4.69, 9.17) is 16.3 Å². The van der Waals surface area contributed by atoms with Gasteiger partial charge in [0.15, 0.2) is 0 Å². The second-order valence-corrected chi connectivity index (χ2v) is 5.76. The van der Waals surface area contributed by atoms with Crippen molar-refractivity contribution < 1.29 is 4.74 Å². The van der Waals surface area contributed by atoms with E-state index in [0.717, 1.165) is 29.6 Å². The Labute approximate surface area is 107 Å². The largest absolute Gasteiger partial charge is 0.489 e. The molecule has 0 aromatic heterocycles. The van der Waals surface area contributed by atoms with E-state index >= 15 is 0 Å². The van der Waals surface area contributed by atoms with Crippen molar-refractivity contribution in [2.75, 3.05) is 25.1 Å². The Bertz CT molecular complexity index is 461. The van der Waals surface area contributed by atoms with Crippen LogP contribution in [0.1, 0.15) is 13.8 Å². The fourth-order valence-electron chi connectivity index (χ4n) is 2.86. The lowest BCUT2D eigenvalue weighted by molar-refractivity contribution is 0.219. The average Bonchev–Trinajstić information content (AvgIpc) is 2.50. The van der Waals surface area contributed by atoms with Gasteiger partial charge in [0.1, 0.15) is 12.4 Å². The molecule has 1 atom stereocenters. The van der Waals surface area contributed by atoms with E-state index in [1.165, 1.54) is 0 Å². The molecule has 0 radical (unpaired) electrons. The molecule has 0 amide bonds. The van der Waals surface area contributed by atoms with E-state index in [0.29, 0.717) is 6.04 Å². The lowest BCUT2D eigenvalue weighted by Crippen LogP contribution is -2.51. The number of halogens is 1. The zero-order valence-electron chi connectivity index (χ0n) is 10.4. The third kappa shape index (κ3) is 1.53. The van der Waals surface area contributed by atoms with Crippen molar-refractivity contribution >= 4 is 17.3 Å². The number of benzene rings is 1. The zero-order chi connectivity index (χ0) is 12.2. The second-order valence-electron chi connectivity index (χ2n) is 5.32. The highest BCUT2D eigenvalue weighted by atomic mass is 35.5. The molecule has 1 aromatic carbocycles. The molecule has 3 nitrogen and oxygen atoms in total. The minimum atomic E-state index is 0.00782. The summed E-state index contributed by atoms with van der Waals surface area (Å²) in [5.41, 5.74) is 1.12. The van der Waals surface area contributed by atoms with Crippen molar-refractivity contribution in [2.24, 2.45) is 0 Å². The van der Waals surface area contributed by atoms with Gasteiger partial charge in [-0.3, -0.25) is 4.90 Å². The number of rotatable bonds is 0. The monoisotopic (exact) mass is 252 g/mol. The van der Waals surface area contributed by atoms with Crippen LogP contribution in [0.3, 0.4) is 0 Å². The molecule has 0 bridgehead atoms. The number of anilines is 1. The molecule has 3 rings (SSSR count). The maximum absolute atomic E-state index is 6.10. The Morgan fingerprint density at radius 1 is 1.41 bits per heavy atom. The van der Waals surface area contributed by atoms with Gasteiger partial charge >= 0.3 is 0 Å². The van der Waals surface area contributed by atoms with Crippen LogP contribution in [0.15, 0.2) is 18.2 Å². The molecule has 1 aromatic rings. The summed E-state index contributed by atoms with van der Waals surface area (Å²) in [7, 11) is 2.16. The minimum Gasteiger partial charge on any atom is -0.489 e. The highest BCUT2D eigenvalue weighted by Gasteiger charge is 2.46. The summed E-state index contributed by atoms with van der Waals surface area (Å²) in [6.07, 6.45) is 0. The molecular formula is C13H17ClN2O. The molecule has 1 fully saturated rings. The average molecular weight is 253 g/mol. The van der Waals surface area contributed by atoms with E-state index in [1.54, 1.807) is 0 Å². The second kappa shape index (κ2) is 3.53. The fraction of sp³-hybridized carbons (Fsp3) is 0.538. The summed E-state index contributed by atoms with van der Waals surface area (Å²) < 4.78 is 5.81. The van der Waals surface area contributed by atoms with Gasteiger partial charge < -0.3 is 9.64 Å². The molecule has 2 aliphatic rings. The van der Waals surface area contributed by atoms with Gasteiger partial charge in [0.2, 0.25) is 0 Å². The lowest BCUT2D eigenvalue weighted by Gasteiger charge is -2.42. The number of fused-ring (bicyclic) bond motifs is 3. The van der Waals surface area contributed by atoms with E-state index in [-0.39, 0.29) is 5.66 Å². The first-order valence-electron chi connectivity index (χ1n) is 5.93. The van der Waals surface area contributed by atoms with Crippen LogP contribution in [-0.4, -0.2) is 36.8 Å². The van der Waals surface area contributed by atoms with Crippen molar-refractivity contribution in [1.29, 1.82) is 0 Å². The van der Waals surface area contributed by atoms with Crippen LogP contribution in [0.25, 0.3) is 0 Å². The summed E-state index contributed by atoms with van der Waals surface area (Å²) in [4.78, 5) is 4.79. The van der Waals surface area contributed by atoms with Crippen LogP contribution < -0.4 is 9.64 Å². The van der Waals surface area contributed by atoms with Gasteiger partial charge in [-0.15, -0.1) is 0 Å². The quantitative estimate of drug-likeness (QED) is 0.706. The molecular weight excluding hydrogens is 236 g/mol. The molecule has 0 saturated carbocycles. The van der Waals surface area contributed by atoms with Crippen molar-refractivity contribution in [1.82, 2.24) is 4.90 Å². The van der Waals surface area contributed by atoms with Gasteiger partial charge in [-0.25, -0.2) is 0 Å². The van der Waals surface area contributed by atoms with Gasteiger partial charge in [0.25, 0.3) is 0 Å². The lowest BCUT2D eigenvalue weighted by atomic mass is 10.1. The summed E-state index contributed by atoms with van der Waals surface area (Å²) in [6.45, 7) is 6.26. The van der Waals surface area contributed by atoms with Gasteiger partial charge in [-0.05, 0) is 39.1 Å². The van der Waals surface area contributed by atoms with Crippen LogP contribution in [0, 0.1) is 0 Å². The Balaban J connectivity index is 2.12. The highest BCUT2D eigenvalue weighted by molar-refractivity contribution is 6.31. The normalized spacial score (nSPS) is 26.4. The van der Waals surface area contributed by atoms with Gasteiger partial charge in [0, 0.05) is 11.6 Å². The number of ether oxygens (including phenoxy) is 1. The fourth-order valence-corrected chi connectivity index (χ4v) is 3.02. The number of likely N-dealkylation sites (N-methyl/N-ethyl adjacent to an activating group) is 1. The van der Waals surface area contributed by atoms with E-state index in [1.807, 2.05) is 18.2 Å². The molecule has 2 heterocycles. The topological polar surface area (TPSA) is 15.7 Å². The number of hydrogen-bond donors (Lipinski definition) is 0. The smallest absolute Gasteiger partial charge is 0.142 e. The highest BCUT2D eigenvalue weighted by Crippen LogP contribution is 2.43. The first kappa shape index (κ1) is 11.2. The van der Waals surface area contributed by atoms with Crippen LogP contribution in [0.5, 0.6) is 5.75 Å². The van der Waals surface area contributed by atoms with Crippen LogP contribution in [0.4, 0.5) is 5.69 Å². The maximum atomic E-state index is 6.10.